The molecule has 2 N–H and O–H groups in total. The quantitative estimate of drug-likeness (QED) is 0.762. The van der Waals surface area contributed by atoms with Crippen LogP contribution in [0.2, 0.25) is 0 Å². The minimum absolute atomic E-state index is 0.0916. The topological polar surface area (TPSA) is 79.1 Å². The Kier molecular flexibility index (Phi) is 6.10. The van der Waals surface area contributed by atoms with Gasteiger partial charge in [0.2, 0.25) is 5.91 Å². The maximum Gasteiger partial charge on any atom is 0.253 e. The van der Waals surface area contributed by atoms with Gasteiger partial charge in [0, 0.05) is 43.7 Å². The van der Waals surface area contributed by atoms with E-state index in [1.165, 1.54) is 6.07 Å². The number of hydrogen-bond donors (Lipinski definition) is 1. The second kappa shape index (κ2) is 8.32. The third-order valence-electron chi connectivity index (χ3n) is 4.72. The van der Waals surface area contributed by atoms with E-state index < -0.39 is 11.7 Å². The van der Waals surface area contributed by atoms with Crippen LogP contribution in [-0.2, 0) is 9.53 Å². The zero-order valence-corrected chi connectivity index (χ0v) is 16.0. The molecule has 3 rings (SSSR count). The van der Waals surface area contributed by atoms with Gasteiger partial charge in [0.1, 0.15) is 5.82 Å². The number of nitrogens with two attached hydrogens (primary N) is 1. The Morgan fingerprint density at radius 1 is 1.12 bits per heavy atom. The Morgan fingerprint density at radius 2 is 1.77 bits per heavy atom. The number of carbonyl (C=O) groups excluding carboxylic acids is 2. The molecule has 2 aliphatic rings. The van der Waals surface area contributed by atoms with E-state index in [1.54, 1.807) is 6.07 Å². The molecule has 0 aromatic heterocycles. The van der Waals surface area contributed by atoms with E-state index in [9.17, 15) is 14.0 Å². The van der Waals surface area contributed by atoms with Crippen LogP contribution in [0.4, 0.5) is 10.1 Å². The molecular weight excluding hydrogens is 407 g/mol. The van der Waals surface area contributed by atoms with Gasteiger partial charge in [-0.15, -0.1) is 0 Å². The average molecular weight is 429 g/mol. The van der Waals surface area contributed by atoms with Gasteiger partial charge in [0.15, 0.2) is 0 Å². The number of ether oxygens (including phenoxy) is 1. The Labute approximate surface area is 160 Å². The van der Waals surface area contributed by atoms with Gasteiger partial charge in [-0.05, 0) is 12.1 Å². The van der Waals surface area contributed by atoms with Crippen molar-refractivity contribution in [3.63, 3.8) is 0 Å². The molecule has 2 saturated heterocycles. The summed E-state index contributed by atoms with van der Waals surface area (Å²) in [7, 11) is 0. The number of rotatable bonds is 4. The van der Waals surface area contributed by atoms with Crippen LogP contribution in [0.25, 0.3) is 0 Å². The van der Waals surface area contributed by atoms with Gasteiger partial charge in [-0.3, -0.25) is 14.5 Å². The van der Waals surface area contributed by atoms with Crippen LogP contribution in [0.3, 0.4) is 0 Å². The molecule has 0 aliphatic carbocycles. The fourth-order valence-corrected chi connectivity index (χ4v) is 3.72. The first kappa shape index (κ1) is 19.1. The highest BCUT2D eigenvalue weighted by molar-refractivity contribution is 9.10. The number of amides is 2. The molecule has 2 fully saturated rings. The molecule has 0 saturated carbocycles. The SMILES string of the molecule is NC(=O)c1c(F)cc(Br)cc1N1CCN(CC(=O)N2CCOCC2)CC1. The molecule has 1 aromatic carbocycles. The first-order chi connectivity index (χ1) is 12.5. The summed E-state index contributed by atoms with van der Waals surface area (Å²) in [6, 6.07) is 2.94. The average Bonchev–Trinajstić information content (AvgIpc) is 2.62. The van der Waals surface area contributed by atoms with Gasteiger partial charge in [-0.25, -0.2) is 4.39 Å². The largest absolute Gasteiger partial charge is 0.378 e. The van der Waals surface area contributed by atoms with Crippen molar-refractivity contribution in [1.29, 1.82) is 0 Å². The number of anilines is 1. The lowest BCUT2D eigenvalue weighted by Crippen LogP contribution is -2.51. The Bertz CT molecular complexity index is 689. The van der Waals surface area contributed by atoms with Crippen molar-refractivity contribution < 1.29 is 18.7 Å². The molecule has 26 heavy (non-hydrogen) atoms. The van der Waals surface area contributed by atoms with Crippen molar-refractivity contribution in [3.8, 4) is 0 Å². The van der Waals surface area contributed by atoms with E-state index >= 15 is 0 Å². The summed E-state index contributed by atoms with van der Waals surface area (Å²) >= 11 is 3.26. The van der Waals surface area contributed by atoms with Crippen molar-refractivity contribution in [1.82, 2.24) is 9.80 Å². The lowest BCUT2D eigenvalue weighted by atomic mass is 10.1. The number of halogens is 2. The first-order valence-corrected chi connectivity index (χ1v) is 9.36. The number of primary amides is 1. The predicted octanol–water partition coefficient (Wildman–Crippen LogP) is 0.668. The molecule has 0 bridgehead atoms. The summed E-state index contributed by atoms with van der Waals surface area (Å²) in [6.07, 6.45) is 0. The molecule has 2 amide bonds. The molecule has 0 atom stereocenters. The van der Waals surface area contributed by atoms with Crippen molar-refractivity contribution in [2.75, 3.05) is 63.9 Å². The summed E-state index contributed by atoms with van der Waals surface area (Å²) < 4.78 is 20.0. The molecule has 2 heterocycles. The van der Waals surface area contributed by atoms with Crippen LogP contribution in [0.5, 0.6) is 0 Å². The Hall–Kier alpha value is -1.71. The summed E-state index contributed by atoms with van der Waals surface area (Å²) in [4.78, 5) is 29.8. The van der Waals surface area contributed by atoms with Gasteiger partial charge in [0.05, 0.1) is 31.0 Å². The lowest BCUT2D eigenvalue weighted by molar-refractivity contribution is -0.136. The fourth-order valence-electron chi connectivity index (χ4n) is 3.30. The van der Waals surface area contributed by atoms with Crippen LogP contribution < -0.4 is 10.6 Å². The van der Waals surface area contributed by atoms with Crippen molar-refractivity contribution in [2.24, 2.45) is 5.73 Å². The third-order valence-corrected chi connectivity index (χ3v) is 5.17. The van der Waals surface area contributed by atoms with Crippen molar-refractivity contribution in [3.05, 3.63) is 28.0 Å². The number of benzene rings is 1. The van der Waals surface area contributed by atoms with E-state index in [0.717, 1.165) is 0 Å². The van der Waals surface area contributed by atoms with Gasteiger partial charge in [0.25, 0.3) is 5.91 Å². The van der Waals surface area contributed by atoms with Crippen LogP contribution >= 0.6 is 15.9 Å². The van der Waals surface area contributed by atoms with Crippen molar-refractivity contribution >= 4 is 33.4 Å². The Balaban J connectivity index is 1.62. The monoisotopic (exact) mass is 428 g/mol. The number of nitrogens with zero attached hydrogens (tertiary/aromatic N) is 3. The van der Waals surface area contributed by atoms with Gasteiger partial charge < -0.3 is 20.3 Å². The highest BCUT2D eigenvalue weighted by Gasteiger charge is 2.26. The second-order valence-corrected chi connectivity index (χ2v) is 7.32. The zero-order chi connectivity index (χ0) is 18.7. The normalized spacial score (nSPS) is 18.8. The smallest absolute Gasteiger partial charge is 0.253 e. The first-order valence-electron chi connectivity index (χ1n) is 8.57. The van der Waals surface area contributed by atoms with Crippen LogP contribution in [0, 0.1) is 5.82 Å². The summed E-state index contributed by atoms with van der Waals surface area (Å²) in [5, 5.41) is 0. The number of hydrogen-bond acceptors (Lipinski definition) is 5. The molecule has 7 nitrogen and oxygen atoms in total. The van der Waals surface area contributed by atoms with Gasteiger partial charge in [-0.1, -0.05) is 15.9 Å². The summed E-state index contributed by atoms with van der Waals surface area (Å²) in [5.41, 5.74) is 5.75. The van der Waals surface area contributed by atoms with Gasteiger partial charge >= 0.3 is 0 Å². The zero-order valence-electron chi connectivity index (χ0n) is 14.4. The number of morpholine rings is 1. The molecular formula is C17H22BrFN4O3. The molecule has 1 aromatic rings. The lowest BCUT2D eigenvalue weighted by Gasteiger charge is -2.37. The maximum absolute atomic E-state index is 14.1. The molecule has 0 spiro atoms. The Morgan fingerprint density at radius 3 is 2.38 bits per heavy atom. The number of carbonyl (C=O) groups is 2. The van der Waals surface area contributed by atoms with E-state index in [-0.39, 0.29) is 11.5 Å². The van der Waals surface area contributed by atoms with E-state index in [2.05, 4.69) is 20.8 Å². The van der Waals surface area contributed by atoms with Crippen LogP contribution in [0.1, 0.15) is 10.4 Å². The predicted molar refractivity (Wildman–Crippen MR) is 98.7 cm³/mol. The molecule has 142 valence electrons. The second-order valence-electron chi connectivity index (χ2n) is 6.40. The minimum atomic E-state index is -0.782. The van der Waals surface area contributed by atoms with E-state index in [4.69, 9.17) is 10.5 Å². The molecule has 9 heteroatoms. The molecule has 2 aliphatic heterocycles. The molecule has 0 radical (unpaired) electrons. The highest BCUT2D eigenvalue weighted by Crippen LogP contribution is 2.28. The van der Waals surface area contributed by atoms with Crippen molar-refractivity contribution in [2.45, 2.75) is 0 Å². The van der Waals surface area contributed by atoms with E-state index in [1.807, 2.05) is 9.80 Å². The van der Waals surface area contributed by atoms with Crippen LogP contribution in [0.15, 0.2) is 16.6 Å². The van der Waals surface area contributed by atoms with E-state index in [0.29, 0.717) is 69.2 Å². The highest BCUT2D eigenvalue weighted by atomic mass is 79.9. The summed E-state index contributed by atoms with van der Waals surface area (Å²) in [5.74, 6) is -1.31. The van der Waals surface area contributed by atoms with Crippen LogP contribution in [-0.4, -0.2) is 80.6 Å². The summed E-state index contributed by atoms with van der Waals surface area (Å²) in [6.45, 7) is 5.30. The molecule has 0 unspecified atom stereocenters. The minimum Gasteiger partial charge on any atom is -0.378 e. The van der Waals surface area contributed by atoms with Gasteiger partial charge in [-0.2, -0.15) is 0 Å². The fraction of sp³-hybridized carbons (Fsp3) is 0.529. The maximum atomic E-state index is 14.1. The third kappa shape index (κ3) is 4.33. The number of piperazine rings is 1. The standard InChI is InChI=1S/C17H22BrFN4O3/c18-12-9-13(19)16(17(20)25)14(10-12)22-3-1-21(2-4-22)11-15(24)23-5-7-26-8-6-23/h9-10H,1-8,11H2,(H2,20,25).